The quantitative estimate of drug-likeness (QED) is 0.146. The Morgan fingerprint density at radius 3 is 0.967 bits per heavy atom. The second-order valence-electron chi connectivity index (χ2n) is 14.7. The van der Waals surface area contributed by atoms with Crippen LogP contribution in [0.2, 0.25) is 0 Å². The average molecular weight is 785 g/mol. The molecule has 0 saturated heterocycles. The molecule has 4 heteroatoms. The molecule has 0 aliphatic rings. The second kappa shape index (κ2) is 18.2. The van der Waals surface area contributed by atoms with E-state index in [2.05, 4.69) is 205 Å². The first-order valence-electron chi connectivity index (χ1n) is 20.6. The Morgan fingerprint density at radius 2 is 0.541 bits per heavy atom. The lowest BCUT2D eigenvalue weighted by Gasteiger charge is -2.27. The van der Waals surface area contributed by atoms with Crippen LogP contribution < -0.4 is 9.80 Å². The van der Waals surface area contributed by atoms with Crippen molar-refractivity contribution in [3.63, 3.8) is 0 Å². The summed E-state index contributed by atoms with van der Waals surface area (Å²) >= 11 is 0. The number of rotatable bonds is 9. The van der Waals surface area contributed by atoms with Gasteiger partial charge >= 0.3 is 0 Å². The van der Waals surface area contributed by atoms with E-state index < -0.39 is 0 Å². The largest absolute Gasteiger partial charge is 0.345 e. The summed E-state index contributed by atoms with van der Waals surface area (Å²) in [5.41, 5.74) is 15.2. The molecule has 292 valence electrons. The molecule has 10 aromatic rings. The molecular formula is C57H44N4. The fourth-order valence-electron chi connectivity index (χ4n) is 7.64. The van der Waals surface area contributed by atoms with Crippen molar-refractivity contribution >= 4 is 39.5 Å². The maximum absolute atomic E-state index is 5.55. The van der Waals surface area contributed by atoms with Gasteiger partial charge in [-0.05, 0) is 71.8 Å². The SMILES string of the molecule is CN(c1ccccc1)c1ccc(N(c2ccccc2)c2ccc(-c3nc4c(-c5ccccc5)ccc(-c5ccccc5)c4nc3-c3ccccc3)cc2)cc1.c1ccccc1. The lowest BCUT2D eigenvalue weighted by atomic mass is 9.96. The van der Waals surface area contributed by atoms with E-state index in [9.17, 15) is 0 Å². The molecule has 0 saturated carbocycles. The minimum atomic E-state index is 0.840. The molecule has 0 unspecified atom stereocenters. The minimum Gasteiger partial charge on any atom is -0.345 e. The van der Waals surface area contributed by atoms with Crippen LogP contribution in [0, 0.1) is 0 Å². The van der Waals surface area contributed by atoms with Crippen molar-refractivity contribution in [2.45, 2.75) is 0 Å². The summed E-state index contributed by atoms with van der Waals surface area (Å²) in [6, 6.07) is 86.1. The van der Waals surface area contributed by atoms with Crippen LogP contribution in [0.25, 0.3) is 55.8 Å². The number of benzene rings is 9. The Morgan fingerprint density at radius 1 is 0.262 bits per heavy atom. The van der Waals surface area contributed by atoms with Gasteiger partial charge in [0.2, 0.25) is 0 Å². The van der Waals surface area contributed by atoms with E-state index in [4.69, 9.17) is 9.97 Å². The summed E-state index contributed by atoms with van der Waals surface area (Å²) in [5.74, 6) is 0. The number of hydrogen-bond acceptors (Lipinski definition) is 4. The summed E-state index contributed by atoms with van der Waals surface area (Å²) < 4.78 is 0. The van der Waals surface area contributed by atoms with Gasteiger partial charge in [-0.3, -0.25) is 0 Å². The number of nitrogens with zero attached hydrogens (tertiary/aromatic N) is 4. The molecule has 1 heterocycles. The van der Waals surface area contributed by atoms with Gasteiger partial charge in [0.25, 0.3) is 0 Å². The first-order chi connectivity index (χ1) is 30.2. The number of hydrogen-bond donors (Lipinski definition) is 0. The van der Waals surface area contributed by atoms with E-state index in [1.165, 1.54) is 0 Å². The van der Waals surface area contributed by atoms with Crippen LogP contribution in [-0.2, 0) is 0 Å². The Hall–Kier alpha value is -8.08. The molecular weight excluding hydrogens is 741 g/mol. The van der Waals surface area contributed by atoms with Gasteiger partial charge in [0.15, 0.2) is 0 Å². The van der Waals surface area contributed by atoms with Crippen LogP contribution in [0.4, 0.5) is 28.4 Å². The molecule has 0 spiro atoms. The van der Waals surface area contributed by atoms with Crippen LogP contribution >= 0.6 is 0 Å². The van der Waals surface area contributed by atoms with Crippen LogP contribution in [-0.4, -0.2) is 17.0 Å². The van der Waals surface area contributed by atoms with Crippen molar-refractivity contribution in [3.8, 4) is 44.8 Å². The predicted molar refractivity (Wildman–Crippen MR) is 257 cm³/mol. The van der Waals surface area contributed by atoms with Gasteiger partial charge in [-0.1, -0.05) is 188 Å². The zero-order valence-electron chi connectivity index (χ0n) is 34.0. The topological polar surface area (TPSA) is 32.3 Å². The number of anilines is 5. The molecule has 0 N–H and O–H groups in total. The Kier molecular flexibility index (Phi) is 11.5. The van der Waals surface area contributed by atoms with E-state index in [-0.39, 0.29) is 0 Å². The molecule has 1 aromatic heterocycles. The summed E-state index contributed by atoms with van der Waals surface area (Å²) in [6.45, 7) is 0. The van der Waals surface area contributed by atoms with Gasteiger partial charge in [0.05, 0.1) is 22.4 Å². The first-order valence-corrected chi connectivity index (χ1v) is 20.6. The summed E-state index contributed by atoms with van der Waals surface area (Å²) in [4.78, 5) is 15.5. The number of para-hydroxylation sites is 2. The monoisotopic (exact) mass is 784 g/mol. The third-order valence-corrected chi connectivity index (χ3v) is 10.8. The summed E-state index contributed by atoms with van der Waals surface area (Å²) in [7, 11) is 2.10. The first kappa shape index (κ1) is 38.4. The molecule has 61 heavy (non-hydrogen) atoms. The Labute approximate surface area is 358 Å². The molecule has 0 amide bonds. The molecule has 0 atom stereocenters. The molecule has 10 rings (SSSR count). The van der Waals surface area contributed by atoms with E-state index in [1.807, 2.05) is 60.7 Å². The van der Waals surface area contributed by atoms with Gasteiger partial charge in [-0.2, -0.15) is 0 Å². The van der Waals surface area contributed by atoms with Gasteiger partial charge < -0.3 is 9.80 Å². The molecule has 0 aliphatic heterocycles. The standard InChI is InChI=1S/C51H38N4.C6H6/c1-54(41-23-13-5-14-24-41)42-31-33-45(34-32-42)55(43-25-15-6-16-26-43)44-29-27-40(28-30-44)49-48(39-21-11-4-12-22-39)52-50-46(37-17-7-2-8-18-37)35-36-47(51(50)53-49)38-19-9-3-10-20-38;1-2-4-6-5-3-1/h2-36H,1H3;1-6H. The maximum Gasteiger partial charge on any atom is 0.0979 e. The maximum atomic E-state index is 5.55. The fraction of sp³-hybridized carbons (Fsp3) is 0.0175. The van der Waals surface area contributed by atoms with Crippen molar-refractivity contribution in [3.05, 3.63) is 249 Å². The number of aromatic nitrogens is 2. The predicted octanol–water partition coefficient (Wildman–Crippen LogP) is 15.2. The third kappa shape index (κ3) is 8.56. The van der Waals surface area contributed by atoms with Crippen LogP contribution in [0.1, 0.15) is 0 Å². The molecule has 0 bridgehead atoms. The van der Waals surface area contributed by atoms with E-state index in [0.717, 1.165) is 84.2 Å². The highest BCUT2D eigenvalue weighted by Gasteiger charge is 2.20. The molecule has 4 nitrogen and oxygen atoms in total. The highest BCUT2D eigenvalue weighted by molar-refractivity contribution is 6.03. The molecule has 9 aromatic carbocycles. The zero-order chi connectivity index (χ0) is 41.2. The average Bonchev–Trinajstić information content (AvgIpc) is 3.36. The molecule has 0 fully saturated rings. The Bertz CT molecular complexity index is 2900. The molecule has 0 aliphatic carbocycles. The highest BCUT2D eigenvalue weighted by atomic mass is 15.1. The van der Waals surface area contributed by atoms with Crippen molar-refractivity contribution < 1.29 is 0 Å². The second-order valence-corrected chi connectivity index (χ2v) is 14.7. The lowest BCUT2D eigenvalue weighted by Crippen LogP contribution is -2.11. The van der Waals surface area contributed by atoms with E-state index >= 15 is 0 Å². The summed E-state index contributed by atoms with van der Waals surface area (Å²) in [5, 5.41) is 0. The normalized spacial score (nSPS) is 10.7. The third-order valence-electron chi connectivity index (χ3n) is 10.8. The fourth-order valence-corrected chi connectivity index (χ4v) is 7.64. The van der Waals surface area contributed by atoms with Gasteiger partial charge in [0, 0.05) is 57.7 Å². The van der Waals surface area contributed by atoms with E-state index in [1.54, 1.807) is 0 Å². The zero-order valence-corrected chi connectivity index (χ0v) is 34.0. The highest BCUT2D eigenvalue weighted by Crippen LogP contribution is 2.41. The van der Waals surface area contributed by atoms with Crippen molar-refractivity contribution in [1.29, 1.82) is 0 Å². The van der Waals surface area contributed by atoms with Crippen LogP contribution in [0.15, 0.2) is 249 Å². The van der Waals surface area contributed by atoms with Crippen molar-refractivity contribution in [1.82, 2.24) is 9.97 Å². The van der Waals surface area contributed by atoms with Crippen LogP contribution in [0.3, 0.4) is 0 Å². The van der Waals surface area contributed by atoms with Crippen LogP contribution in [0.5, 0.6) is 0 Å². The molecule has 0 radical (unpaired) electrons. The Balaban J connectivity index is 0.000000732. The van der Waals surface area contributed by atoms with Gasteiger partial charge in [-0.15, -0.1) is 0 Å². The minimum absolute atomic E-state index is 0.840. The van der Waals surface area contributed by atoms with Crippen molar-refractivity contribution in [2.24, 2.45) is 0 Å². The van der Waals surface area contributed by atoms with Gasteiger partial charge in [-0.25, -0.2) is 9.97 Å². The number of fused-ring (bicyclic) bond motifs is 1. The smallest absolute Gasteiger partial charge is 0.0979 e. The van der Waals surface area contributed by atoms with Gasteiger partial charge in [0.1, 0.15) is 0 Å². The summed E-state index contributed by atoms with van der Waals surface area (Å²) in [6.07, 6.45) is 0. The van der Waals surface area contributed by atoms with Crippen molar-refractivity contribution in [2.75, 3.05) is 16.8 Å². The van der Waals surface area contributed by atoms with E-state index in [0.29, 0.717) is 0 Å². The lowest BCUT2D eigenvalue weighted by molar-refractivity contribution is 1.20.